The van der Waals surface area contributed by atoms with Gasteiger partial charge in [0.15, 0.2) is 18.1 Å². The Morgan fingerprint density at radius 3 is 2.55 bits per heavy atom. The zero-order chi connectivity index (χ0) is 21.6. The van der Waals surface area contributed by atoms with E-state index in [-0.39, 0.29) is 31.1 Å². The summed E-state index contributed by atoms with van der Waals surface area (Å²) < 4.78 is 15.2. The number of Topliss-reactive ketones (excluding diaryl/α,β-unsaturated/α-hetero) is 1. The van der Waals surface area contributed by atoms with Gasteiger partial charge in [-0.1, -0.05) is 6.92 Å². The fourth-order valence-corrected chi connectivity index (χ4v) is 3.50. The third-order valence-corrected chi connectivity index (χ3v) is 4.96. The number of ketones is 1. The van der Waals surface area contributed by atoms with Gasteiger partial charge in [-0.15, -0.1) is 0 Å². The van der Waals surface area contributed by atoms with E-state index in [1.165, 1.54) is 14.2 Å². The zero-order valence-corrected chi connectivity index (χ0v) is 16.5. The topological polar surface area (TPSA) is 134 Å². The highest BCUT2D eigenvalue weighted by molar-refractivity contribution is 5.93. The van der Waals surface area contributed by atoms with Crippen molar-refractivity contribution in [2.75, 3.05) is 32.7 Å². The molecule has 10 heteroatoms. The van der Waals surface area contributed by atoms with Gasteiger partial charge >= 0.3 is 5.97 Å². The highest BCUT2D eigenvalue weighted by Crippen LogP contribution is 2.36. The van der Waals surface area contributed by atoms with E-state index < -0.39 is 35.2 Å². The number of benzene rings is 1. The summed E-state index contributed by atoms with van der Waals surface area (Å²) in [4.78, 5) is 46.5. The summed E-state index contributed by atoms with van der Waals surface area (Å²) in [5.74, 6) is -2.01. The van der Waals surface area contributed by atoms with Crippen LogP contribution in [0.25, 0.3) is 0 Å². The summed E-state index contributed by atoms with van der Waals surface area (Å²) in [6, 6.07) is 4.77. The van der Waals surface area contributed by atoms with Crippen LogP contribution < -0.4 is 14.8 Å². The quantitative estimate of drug-likeness (QED) is 0.371. The van der Waals surface area contributed by atoms with E-state index in [1.807, 2.05) is 0 Å². The van der Waals surface area contributed by atoms with Crippen molar-refractivity contribution >= 4 is 23.3 Å². The first-order valence-corrected chi connectivity index (χ1v) is 9.07. The Morgan fingerprint density at radius 2 is 1.93 bits per heavy atom. The first-order chi connectivity index (χ1) is 13.7. The molecule has 1 saturated carbocycles. The van der Waals surface area contributed by atoms with Crippen molar-refractivity contribution in [1.82, 2.24) is 0 Å². The smallest absolute Gasteiger partial charge is 0.307 e. The lowest BCUT2D eigenvalue weighted by Gasteiger charge is -2.17. The molecule has 1 amide bonds. The number of nitro groups is 1. The van der Waals surface area contributed by atoms with E-state index in [9.17, 15) is 24.5 Å². The minimum Gasteiger partial charge on any atom is -0.493 e. The summed E-state index contributed by atoms with van der Waals surface area (Å²) in [6.45, 7) is 0.849. The molecule has 1 fully saturated rings. The first kappa shape index (κ1) is 22.1. The lowest BCUT2D eigenvalue weighted by molar-refractivity contribution is -0.490. The number of carbonyl (C=O) groups is 3. The van der Waals surface area contributed by atoms with Crippen LogP contribution in [-0.2, 0) is 19.1 Å². The maximum atomic E-state index is 12.1. The monoisotopic (exact) mass is 408 g/mol. The lowest BCUT2D eigenvalue weighted by Crippen LogP contribution is -2.28. The van der Waals surface area contributed by atoms with Crippen molar-refractivity contribution in [2.45, 2.75) is 19.8 Å². The summed E-state index contributed by atoms with van der Waals surface area (Å²) in [5, 5.41) is 13.4. The Kier molecular flexibility index (Phi) is 7.52. The molecular formula is C19H24N2O8. The molecule has 29 heavy (non-hydrogen) atoms. The molecule has 0 heterocycles. The molecule has 10 nitrogen and oxygen atoms in total. The highest BCUT2D eigenvalue weighted by Gasteiger charge is 2.44. The largest absolute Gasteiger partial charge is 0.493 e. The van der Waals surface area contributed by atoms with Crippen molar-refractivity contribution in [3.63, 3.8) is 0 Å². The molecule has 0 aromatic heterocycles. The van der Waals surface area contributed by atoms with Crippen LogP contribution >= 0.6 is 0 Å². The molecule has 0 bridgehead atoms. The average Bonchev–Trinajstić information content (AvgIpc) is 2.92. The number of carbonyl (C=O) groups excluding carboxylic acids is 3. The third kappa shape index (κ3) is 5.90. The van der Waals surface area contributed by atoms with Gasteiger partial charge < -0.3 is 19.5 Å². The maximum Gasteiger partial charge on any atom is 0.307 e. The second kappa shape index (κ2) is 9.85. The third-order valence-electron chi connectivity index (χ3n) is 4.96. The maximum absolute atomic E-state index is 12.1. The van der Waals surface area contributed by atoms with Gasteiger partial charge in [0.2, 0.25) is 6.54 Å². The Bertz CT molecular complexity index is 794. The zero-order valence-electron chi connectivity index (χ0n) is 16.5. The molecule has 1 aromatic carbocycles. The molecule has 1 aromatic rings. The molecular weight excluding hydrogens is 384 g/mol. The molecule has 1 aliphatic rings. The highest BCUT2D eigenvalue weighted by atomic mass is 16.6. The van der Waals surface area contributed by atoms with Crippen molar-refractivity contribution < 1.29 is 33.5 Å². The van der Waals surface area contributed by atoms with Gasteiger partial charge in [-0.3, -0.25) is 24.5 Å². The Morgan fingerprint density at radius 1 is 1.24 bits per heavy atom. The number of rotatable bonds is 9. The minimum atomic E-state index is -0.753. The fraction of sp³-hybridized carbons (Fsp3) is 0.526. The summed E-state index contributed by atoms with van der Waals surface area (Å²) >= 11 is 0. The molecule has 0 unspecified atom stereocenters. The number of anilines is 1. The van der Waals surface area contributed by atoms with Crippen LogP contribution in [0.2, 0.25) is 0 Å². The number of nitrogens with one attached hydrogen (secondary N) is 1. The first-order valence-electron chi connectivity index (χ1n) is 9.07. The van der Waals surface area contributed by atoms with Gasteiger partial charge in [0.25, 0.3) is 5.91 Å². The van der Waals surface area contributed by atoms with Crippen LogP contribution in [-0.4, -0.2) is 50.0 Å². The Hall–Kier alpha value is -3.17. The van der Waals surface area contributed by atoms with Crippen LogP contribution in [0.3, 0.4) is 0 Å². The second-order valence-electron chi connectivity index (χ2n) is 6.92. The number of esters is 1. The number of ether oxygens (including phenoxy) is 3. The summed E-state index contributed by atoms with van der Waals surface area (Å²) in [6.07, 6.45) is -0.0679. The van der Waals surface area contributed by atoms with E-state index in [2.05, 4.69) is 5.32 Å². The molecule has 1 aliphatic carbocycles. The minimum absolute atomic E-state index is 0.168. The van der Waals surface area contributed by atoms with Crippen LogP contribution in [0.4, 0.5) is 5.69 Å². The molecule has 0 aliphatic heterocycles. The molecule has 1 N–H and O–H groups in total. The van der Waals surface area contributed by atoms with E-state index in [0.717, 1.165) is 0 Å². The Balaban J connectivity index is 1.87. The average molecular weight is 408 g/mol. The van der Waals surface area contributed by atoms with Gasteiger partial charge in [-0.05, 0) is 18.1 Å². The van der Waals surface area contributed by atoms with Crippen molar-refractivity contribution in [1.29, 1.82) is 0 Å². The van der Waals surface area contributed by atoms with E-state index in [1.54, 1.807) is 25.1 Å². The van der Waals surface area contributed by atoms with Gasteiger partial charge in [0.05, 0.1) is 20.6 Å². The SMILES string of the molecule is COc1ccc(NC(=O)COC(=O)C[C@@H]2C(=O)C[C@H](C)[C@H]2C[N+](=O)[O-])cc1OC. The van der Waals surface area contributed by atoms with Crippen LogP contribution in [0, 0.1) is 27.9 Å². The van der Waals surface area contributed by atoms with Gasteiger partial charge in [0.1, 0.15) is 5.78 Å². The van der Waals surface area contributed by atoms with Crippen molar-refractivity contribution in [3.8, 4) is 11.5 Å². The predicted octanol–water partition coefficient (Wildman–Crippen LogP) is 1.69. The second-order valence-corrected chi connectivity index (χ2v) is 6.92. The lowest BCUT2D eigenvalue weighted by atomic mass is 9.88. The number of amides is 1. The number of hydrogen-bond donors (Lipinski definition) is 1. The predicted molar refractivity (Wildman–Crippen MR) is 101 cm³/mol. The van der Waals surface area contributed by atoms with Gasteiger partial charge in [0, 0.05) is 34.9 Å². The fourth-order valence-electron chi connectivity index (χ4n) is 3.50. The van der Waals surface area contributed by atoms with E-state index in [0.29, 0.717) is 17.2 Å². The Labute approximate surface area is 167 Å². The van der Waals surface area contributed by atoms with Gasteiger partial charge in [-0.2, -0.15) is 0 Å². The molecule has 0 spiro atoms. The molecule has 0 radical (unpaired) electrons. The summed E-state index contributed by atoms with van der Waals surface area (Å²) in [7, 11) is 2.95. The summed E-state index contributed by atoms with van der Waals surface area (Å²) in [5.41, 5.74) is 0.426. The molecule has 2 rings (SSSR count). The molecule has 158 valence electrons. The molecule has 3 atom stereocenters. The van der Waals surface area contributed by atoms with Crippen molar-refractivity contribution in [2.24, 2.45) is 17.8 Å². The van der Waals surface area contributed by atoms with Crippen LogP contribution in [0.1, 0.15) is 19.8 Å². The normalized spacial score (nSPS) is 20.8. The van der Waals surface area contributed by atoms with Crippen LogP contribution in [0.5, 0.6) is 11.5 Å². The van der Waals surface area contributed by atoms with E-state index in [4.69, 9.17) is 14.2 Å². The molecule has 0 saturated heterocycles. The number of methoxy groups -OCH3 is 2. The van der Waals surface area contributed by atoms with Crippen molar-refractivity contribution in [3.05, 3.63) is 28.3 Å². The number of hydrogen-bond acceptors (Lipinski definition) is 8. The number of nitrogens with zero attached hydrogens (tertiary/aromatic N) is 1. The van der Waals surface area contributed by atoms with E-state index >= 15 is 0 Å². The standard InChI is InChI=1S/C19H24N2O8/c1-11-6-15(22)13(14(11)9-21(25)26)8-19(24)29-10-18(23)20-12-4-5-16(27-2)17(7-12)28-3/h4-5,7,11,13-14H,6,8-10H2,1-3H3,(H,20,23)/t11-,13-,14+/m0/s1. The van der Waals surface area contributed by atoms with Gasteiger partial charge in [-0.25, -0.2) is 0 Å². The van der Waals surface area contributed by atoms with Crippen LogP contribution in [0.15, 0.2) is 18.2 Å².